The smallest absolute Gasteiger partial charge is 0.0450 e. The summed E-state index contributed by atoms with van der Waals surface area (Å²) in [5, 5.41) is 3.75. The molecule has 1 saturated heterocycles. The highest BCUT2D eigenvalue weighted by atomic mass is 15.3. The van der Waals surface area contributed by atoms with Gasteiger partial charge < -0.3 is 5.32 Å². The van der Waals surface area contributed by atoms with E-state index in [4.69, 9.17) is 0 Å². The van der Waals surface area contributed by atoms with Crippen molar-refractivity contribution in [2.45, 2.75) is 50.7 Å². The lowest BCUT2D eigenvalue weighted by molar-refractivity contribution is 0.0670. The Morgan fingerprint density at radius 1 is 1.05 bits per heavy atom. The van der Waals surface area contributed by atoms with Crippen LogP contribution in [0.2, 0.25) is 0 Å². The lowest BCUT2D eigenvalue weighted by atomic mass is 9.96. The van der Waals surface area contributed by atoms with E-state index in [-0.39, 0.29) is 0 Å². The molecule has 0 aromatic heterocycles. The Labute approximate surface area is 122 Å². The molecule has 2 heteroatoms. The molecule has 1 aromatic carbocycles. The monoisotopic (exact) mass is 270 g/mol. The van der Waals surface area contributed by atoms with E-state index in [9.17, 15) is 0 Å². The van der Waals surface area contributed by atoms with Gasteiger partial charge in [-0.15, -0.1) is 0 Å². The quantitative estimate of drug-likeness (QED) is 0.904. The second-order valence-corrected chi connectivity index (χ2v) is 7.08. The highest BCUT2D eigenvalue weighted by Gasteiger charge is 2.46. The van der Waals surface area contributed by atoms with E-state index in [0.29, 0.717) is 12.1 Å². The van der Waals surface area contributed by atoms with Gasteiger partial charge in [-0.05, 0) is 50.0 Å². The lowest BCUT2D eigenvalue weighted by Gasteiger charge is -2.44. The van der Waals surface area contributed by atoms with Crippen LogP contribution in [0.5, 0.6) is 0 Å². The van der Waals surface area contributed by atoms with Gasteiger partial charge in [0.25, 0.3) is 0 Å². The number of piperazine rings is 1. The van der Waals surface area contributed by atoms with Gasteiger partial charge in [0.15, 0.2) is 0 Å². The summed E-state index contributed by atoms with van der Waals surface area (Å²) in [6.45, 7) is 4.74. The molecular weight excluding hydrogens is 244 g/mol. The van der Waals surface area contributed by atoms with Gasteiger partial charge in [0, 0.05) is 31.2 Å². The van der Waals surface area contributed by atoms with Crippen LogP contribution < -0.4 is 5.32 Å². The molecule has 1 N–H and O–H groups in total. The molecular formula is C18H26N2. The molecule has 2 aliphatic carbocycles. The minimum Gasteiger partial charge on any atom is -0.307 e. The van der Waals surface area contributed by atoms with E-state index >= 15 is 0 Å². The van der Waals surface area contributed by atoms with Crippen molar-refractivity contribution in [1.82, 2.24) is 10.2 Å². The molecule has 3 fully saturated rings. The molecule has 108 valence electrons. The summed E-state index contributed by atoms with van der Waals surface area (Å²) in [5.74, 6) is 2.03. The highest BCUT2D eigenvalue weighted by molar-refractivity contribution is 5.20. The molecule has 0 bridgehead atoms. The minimum atomic E-state index is 0.521. The maximum Gasteiger partial charge on any atom is 0.0450 e. The summed E-state index contributed by atoms with van der Waals surface area (Å²) in [5.41, 5.74) is 1.45. The third-order valence-electron chi connectivity index (χ3n) is 5.41. The zero-order valence-corrected chi connectivity index (χ0v) is 12.5. The average molecular weight is 270 g/mol. The molecule has 2 saturated carbocycles. The van der Waals surface area contributed by atoms with Crippen molar-refractivity contribution in [1.29, 1.82) is 0 Å². The minimum absolute atomic E-state index is 0.521. The number of nitrogens with one attached hydrogen (secondary N) is 1. The normalized spacial score (nSPS) is 31.7. The third-order valence-corrected chi connectivity index (χ3v) is 5.41. The molecule has 0 spiro atoms. The van der Waals surface area contributed by atoms with Crippen LogP contribution in [0.15, 0.2) is 30.3 Å². The molecule has 1 heterocycles. The van der Waals surface area contributed by atoms with Gasteiger partial charge >= 0.3 is 0 Å². The van der Waals surface area contributed by atoms with Gasteiger partial charge in [0.2, 0.25) is 0 Å². The van der Waals surface area contributed by atoms with Crippen LogP contribution in [-0.4, -0.2) is 30.1 Å². The Bertz CT molecular complexity index is 438. The van der Waals surface area contributed by atoms with Gasteiger partial charge in [-0.25, -0.2) is 0 Å². The largest absolute Gasteiger partial charge is 0.307 e. The van der Waals surface area contributed by atoms with E-state index in [1.54, 1.807) is 0 Å². The van der Waals surface area contributed by atoms with E-state index in [2.05, 4.69) is 47.5 Å². The van der Waals surface area contributed by atoms with Crippen LogP contribution in [0.25, 0.3) is 0 Å². The van der Waals surface area contributed by atoms with Crippen molar-refractivity contribution in [2.24, 2.45) is 11.8 Å². The fraction of sp³-hybridized carbons (Fsp3) is 0.667. The Hall–Kier alpha value is -0.860. The second kappa shape index (κ2) is 5.16. The first kappa shape index (κ1) is 12.8. The first-order valence-electron chi connectivity index (χ1n) is 8.37. The number of hydrogen-bond acceptors (Lipinski definition) is 2. The zero-order valence-electron chi connectivity index (χ0n) is 12.5. The Kier molecular flexibility index (Phi) is 3.31. The van der Waals surface area contributed by atoms with Crippen molar-refractivity contribution in [3.8, 4) is 0 Å². The van der Waals surface area contributed by atoms with E-state index < -0.39 is 0 Å². The van der Waals surface area contributed by atoms with Crippen LogP contribution in [0.3, 0.4) is 0 Å². The highest BCUT2D eigenvalue weighted by Crippen LogP contribution is 2.48. The molecule has 4 rings (SSSR count). The van der Waals surface area contributed by atoms with Crippen LogP contribution in [-0.2, 0) is 0 Å². The van der Waals surface area contributed by atoms with Crippen LogP contribution in [0, 0.1) is 11.8 Å². The van der Waals surface area contributed by atoms with Gasteiger partial charge in [-0.3, -0.25) is 4.90 Å². The molecule has 1 aliphatic heterocycles. The van der Waals surface area contributed by atoms with Crippen molar-refractivity contribution in [2.75, 3.05) is 13.1 Å². The average Bonchev–Trinajstić information content (AvgIpc) is 3.37. The number of nitrogens with zero attached hydrogens (tertiary/aromatic N) is 1. The van der Waals surface area contributed by atoms with Gasteiger partial charge in [0.1, 0.15) is 0 Å². The van der Waals surface area contributed by atoms with E-state index in [1.165, 1.54) is 37.8 Å². The van der Waals surface area contributed by atoms with Gasteiger partial charge in [-0.1, -0.05) is 30.3 Å². The molecule has 0 radical (unpaired) electrons. The number of rotatable bonds is 4. The predicted octanol–water partition coefficient (Wildman–Crippen LogP) is 3.21. The van der Waals surface area contributed by atoms with Crippen LogP contribution in [0.1, 0.15) is 44.2 Å². The zero-order chi connectivity index (χ0) is 13.5. The molecule has 20 heavy (non-hydrogen) atoms. The van der Waals surface area contributed by atoms with Crippen molar-refractivity contribution in [3.05, 3.63) is 35.9 Å². The van der Waals surface area contributed by atoms with Gasteiger partial charge in [0.05, 0.1) is 0 Å². The summed E-state index contributed by atoms with van der Waals surface area (Å²) >= 11 is 0. The predicted molar refractivity (Wildman–Crippen MR) is 82.6 cm³/mol. The van der Waals surface area contributed by atoms with E-state index in [0.717, 1.165) is 24.4 Å². The fourth-order valence-corrected chi connectivity index (χ4v) is 4.01. The standard InChI is InChI=1S/C18H26N2/c1-13-11-19-17(14-5-3-2-4-6-14)12-20(13)18(15-7-8-15)16-9-10-16/h2-6,13,15-19H,7-12H2,1H3. The molecule has 2 atom stereocenters. The summed E-state index contributed by atoms with van der Waals surface area (Å²) < 4.78 is 0. The first-order chi connectivity index (χ1) is 9.83. The first-order valence-corrected chi connectivity index (χ1v) is 8.37. The lowest BCUT2D eigenvalue weighted by Crippen LogP contribution is -2.56. The van der Waals surface area contributed by atoms with Crippen molar-refractivity contribution < 1.29 is 0 Å². The van der Waals surface area contributed by atoms with Crippen LogP contribution >= 0.6 is 0 Å². The molecule has 2 unspecified atom stereocenters. The topological polar surface area (TPSA) is 15.3 Å². The van der Waals surface area contributed by atoms with Crippen molar-refractivity contribution in [3.63, 3.8) is 0 Å². The van der Waals surface area contributed by atoms with Crippen LogP contribution in [0.4, 0.5) is 0 Å². The maximum atomic E-state index is 3.75. The Morgan fingerprint density at radius 2 is 1.70 bits per heavy atom. The summed E-state index contributed by atoms with van der Waals surface area (Å²) in [4.78, 5) is 2.85. The third kappa shape index (κ3) is 2.51. The van der Waals surface area contributed by atoms with E-state index in [1.807, 2.05) is 0 Å². The number of benzene rings is 1. The van der Waals surface area contributed by atoms with Crippen molar-refractivity contribution >= 4 is 0 Å². The summed E-state index contributed by atoms with van der Waals surface area (Å²) in [6.07, 6.45) is 5.92. The second-order valence-electron chi connectivity index (χ2n) is 7.08. The fourth-order valence-electron chi connectivity index (χ4n) is 4.01. The van der Waals surface area contributed by atoms with Gasteiger partial charge in [-0.2, -0.15) is 0 Å². The molecule has 2 nitrogen and oxygen atoms in total. The Morgan fingerprint density at radius 3 is 2.30 bits per heavy atom. The SMILES string of the molecule is CC1CNC(c2ccccc2)CN1C(C1CC1)C1CC1. The maximum absolute atomic E-state index is 3.75. The summed E-state index contributed by atoms with van der Waals surface area (Å²) in [6, 6.07) is 13.1. The molecule has 0 amide bonds. The number of hydrogen-bond donors (Lipinski definition) is 1. The summed E-state index contributed by atoms with van der Waals surface area (Å²) in [7, 11) is 0. The molecule has 3 aliphatic rings. The molecule has 1 aromatic rings. The Balaban J connectivity index is 1.52.